The Labute approximate surface area is 97.4 Å². The van der Waals surface area contributed by atoms with E-state index in [1.807, 2.05) is 20.8 Å². The molecule has 0 fully saturated rings. The largest absolute Gasteiger partial charge is 0.481 e. The summed E-state index contributed by atoms with van der Waals surface area (Å²) in [6.07, 6.45) is 2.30. The van der Waals surface area contributed by atoms with Gasteiger partial charge in [-0.1, -0.05) is 27.2 Å². The molecule has 2 atom stereocenters. The van der Waals surface area contributed by atoms with Crippen molar-refractivity contribution in [3.05, 3.63) is 0 Å². The van der Waals surface area contributed by atoms with Gasteiger partial charge >= 0.3 is 5.97 Å². The second kappa shape index (κ2) is 6.51. The second-order valence-electron chi connectivity index (χ2n) is 4.63. The van der Waals surface area contributed by atoms with Crippen LogP contribution >= 0.6 is 0 Å². The van der Waals surface area contributed by atoms with Crippen LogP contribution in [0.2, 0.25) is 0 Å². The summed E-state index contributed by atoms with van der Waals surface area (Å²) in [7, 11) is 0. The number of nitrogens with one attached hydrogen (secondary N) is 1. The Balaban J connectivity index is 4.22. The van der Waals surface area contributed by atoms with Gasteiger partial charge in [-0.25, -0.2) is 0 Å². The van der Waals surface area contributed by atoms with E-state index in [1.165, 1.54) is 0 Å². The molecule has 1 amide bonds. The fourth-order valence-electron chi connectivity index (χ4n) is 1.37. The van der Waals surface area contributed by atoms with Gasteiger partial charge in [-0.05, 0) is 19.8 Å². The number of carboxylic acids is 1. The van der Waals surface area contributed by atoms with Crippen molar-refractivity contribution in [2.45, 2.75) is 47.0 Å². The van der Waals surface area contributed by atoms with E-state index in [1.54, 1.807) is 6.92 Å². The van der Waals surface area contributed by atoms with Crippen molar-refractivity contribution in [2.24, 2.45) is 11.3 Å². The van der Waals surface area contributed by atoms with Crippen molar-refractivity contribution in [3.63, 3.8) is 0 Å². The van der Waals surface area contributed by atoms with Crippen LogP contribution in [0.4, 0.5) is 0 Å². The number of carboxylic acid groups (broad SMARTS) is 1. The third-order valence-corrected chi connectivity index (χ3v) is 3.12. The van der Waals surface area contributed by atoms with Gasteiger partial charge in [0.05, 0.1) is 5.41 Å². The smallest absolute Gasteiger partial charge is 0.311 e. The highest BCUT2D eigenvalue weighted by atomic mass is 16.4. The number of carbonyl (C=O) groups excluding carboxylic acids is 1. The van der Waals surface area contributed by atoms with Crippen LogP contribution in [0, 0.1) is 11.3 Å². The molecule has 0 saturated heterocycles. The Kier molecular flexibility index (Phi) is 6.08. The molecule has 0 aromatic carbocycles. The lowest BCUT2D eigenvalue weighted by atomic mass is 9.87. The fraction of sp³-hybridized carbons (Fsp3) is 0.833. The van der Waals surface area contributed by atoms with Crippen LogP contribution in [0.1, 0.15) is 47.0 Å². The lowest BCUT2D eigenvalue weighted by molar-refractivity contribution is -0.148. The zero-order valence-corrected chi connectivity index (χ0v) is 10.7. The Morgan fingerprint density at radius 2 is 1.94 bits per heavy atom. The minimum absolute atomic E-state index is 0.0418. The molecular formula is C12H23NO3. The van der Waals surface area contributed by atoms with E-state index in [-0.39, 0.29) is 18.4 Å². The van der Waals surface area contributed by atoms with Crippen LogP contribution in [-0.4, -0.2) is 23.5 Å². The van der Waals surface area contributed by atoms with Gasteiger partial charge in [-0.15, -0.1) is 0 Å². The summed E-state index contributed by atoms with van der Waals surface area (Å²) in [5, 5.41) is 11.8. The minimum atomic E-state index is -0.863. The van der Waals surface area contributed by atoms with Gasteiger partial charge in [0, 0.05) is 12.5 Å². The first-order valence-corrected chi connectivity index (χ1v) is 5.88. The van der Waals surface area contributed by atoms with E-state index in [4.69, 9.17) is 5.11 Å². The van der Waals surface area contributed by atoms with Gasteiger partial charge in [0.1, 0.15) is 0 Å². The summed E-state index contributed by atoms with van der Waals surface area (Å²) in [5.74, 6) is -0.957. The summed E-state index contributed by atoms with van der Waals surface area (Å²) < 4.78 is 0. The highest BCUT2D eigenvalue weighted by Crippen LogP contribution is 2.20. The summed E-state index contributed by atoms with van der Waals surface area (Å²) in [6.45, 7) is 7.56. The lowest BCUT2D eigenvalue weighted by Gasteiger charge is -2.24. The first-order chi connectivity index (χ1) is 7.37. The maximum Gasteiger partial charge on any atom is 0.311 e. The zero-order chi connectivity index (χ0) is 12.8. The van der Waals surface area contributed by atoms with Gasteiger partial charge in [-0.2, -0.15) is 0 Å². The van der Waals surface area contributed by atoms with Crippen molar-refractivity contribution >= 4 is 11.9 Å². The maximum atomic E-state index is 11.6. The molecule has 2 N–H and O–H groups in total. The molecule has 0 aliphatic rings. The molecule has 0 saturated carbocycles. The highest BCUT2D eigenvalue weighted by Gasteiger charge is 2.31. The lowest BCUT2D eigenvalue weighted by Crippen LogP contribution is -2.42. The molecular weight excluding hydrogens is 206 g/mol. The molecule has 0 spiro atoms. The van der Waals surface area contributed by atoms with Crippen LogP contribution in [0.3, 0.4) is 0 Å². The van der Waals surface area contributed by atoms with Crippen molar-refractivity contribution in [2.75, 3.05) is 6.54 Å². The Bertz CT molecular complexity index is 253. The van der Waals surface area contributed by atoms with Crippen molar-refractivity contribution in [1.82, 2.24) is 5.32 Å². The SMILES string of the molecule is CCCC(C)C(=O)NCC(C)(CC)C(=O)O. The third-order valence-electron chi connectivity index (χ3n) is 3.12. The summed E-state index contributed by atoms with van der Waals surface area (Å²) in [4.78, 5) is 22.6. The molecule has 4 nitrogen and oxygen atoms in total. The average Bonchev–Trinajstić information content (AvgIpc) is 2.25. The number of aliphatic carboxylic acids is 1. The zero-order valence-electron chi connectivity index (χ0n) is 10.7. The van der Waals surface area contributed by atoms with E-state index in [9.17, 15) is 9.59 Å². The van der Waals surface area contributed by atoms with Gasteiger partial charge in [-0.3, -0.25) is 9.59 Å². The number of rotatable bonds is 7. The fourth-order valence-corrected chi connectivity index (χ4v) is 1.37. The Morgan fingerprint density at radius 1 is 1.38 bits per heavy atom. The highest BCUT2D eigenvalue weighted by molar-refractivity contribution is 5.80. The van der Waals surface area contributed by atoms with Gasteiger partial charge in [0.2, 0.25) is 5.91 Å². The quantitative estimate of drug-likeness (QED) is 0.702. The van der Waals surface area contributed by atoms with E-state index >= 15 is 0 Å². The number of amides is 1. The van der Waals surface area contributed by atoms with Crippen molar-refractivity contribution in [3.8, 4) is 0 Å². The normalized spacial score (nSPS) is 16.2. The van der Waals surface area contributed by atoms with Gasteiger partial charge in [0.15, 0.2) is 0 Å². The molecule has 16 heavy (non-hydrogen) atoms. The molecule has 0 rings (SSSR count). The first-order valence-electron chi connectivity index (χ1n) is 5.88. The summed E-state index contributed by atoms with van der Waals surface area (Å²) in [5.41, 5.74) is -0.860. The Morgan fingerprint density at radius 3 is 2.31 bits per heavy atom. The monoisotopic (exact) mass is 229 g/mol. The summed E-state index contributed by atoms with van der Waals surface area (Å²) >= 11 is 0. The minimum Gasteiger partial charge on any atom is -0.481 e. The van der Waals surface area contributed by atoms with Crippen LogP contribution in [0.15, 0.2) is 0 Å². The molecule has 0 bridgehead atoms. The summed E-state index contributed by atoms with van der Waals surface area (Å²) in [6, 6.07) is 0. The van der Waals surface area contributed by atoms with Crippen LogP contribution < -0.4 is 5.32 Å². The predicted octanol–water partition coefficient (Wildman–Crippen LogP) is 2.04. The maximum absolute atomic E-state index is 11.6. The second-order valence-corrected chi connectivity index (χ2v) is 4.63. The predicted molar refractivity (Wildman–Crippen MR) is 63.1 cm³/mol. The average molecular weight is 229 g/mol. The molecule has 0 heterocycles. The van der Waals surface area contributed by atoms with E-state index in [2.05, 4.69) is 5.32 Å². The topological polar surface area (TPSA) is 66.4 Å². The molecule has 0 aliphatic carbocycles. The van der Waals surface area contributed by atoms with E-state index < -0.39 is 11.4 Å². The number of carbonyl (C=O) groups is 2. The van der Waals surface area contributed by atoms with E-state index in [0.717, 1.165) is 12.8 Å². The molecule has 94 valence electrons. The number of hydrogen-bond donors (Lipinski definition) is 2. The van der Waals surface area contributed by atoms with E-state index in [0.29, 0.717) is 6.42 Å². The van der Waals surface area contributed by atoms with Crippen LogP contribution in [0.5, 0.6) is 0 Å². The molecule has 0 radical (unpaired) electrons. The standard InChI is InChI=1S/C12H23NO3/c1-5-7-9(3)10(14)13-8-12(4,6-2)11(15)16/h9H,5-8H2,1-4H3,(H,13,14)(H,15,16). The molecule has 0 aromatic heterocycles. The van der Waals surface area contributed by atoms with Crippen molar-refractivity contribution in [1.29, 1.82) is 0 Å². The van der Waals surface area contributed by atoms with Crippen molar-refractivity contribution < 1.29 is 14.7 Å². The van der Waals surface area contributed by atoms with Crippen LogP contribution in [0.25, 0.3) is 0 Å². The molecule has 2 unspecified atom stereocenters. The molecule has 0 aliphatic heterocycles. The third kappa shape index (κ3) is 4.21. The molecule has 4 heteroatoms. The number of hydrogen-bond acceptors (Lipinski definition) is 2. The van der Waals surface area contributed by atoms with Gasteiger partial charge < -0.3 is 10.4 Å². The Hall–Kier alpha value is -1.06. The van der Waals surface area contributed by atoms with Gasteiger partial charge in [0.25, 0.3) is 0 Å². The van der Waals surface area contributed by atoms with Crippen LogP contribution in [-0.2, 0) is 9.59 Å². The first kappa shape index (κ1) is 14.9. The molecule has 0 aromatic rings.